The standard InChI is InChI=1S/C18H24N2O4/c1-18(2)11-15(21)14-10-13(4-5-16(14)24-18)23-12-17(22)20-8-6-19(3)7-9-20/h4-5,10H,6-9,11-12H2,1-3H3. The molecule has 0 aliphatic carbocycles. The van der Waals surface area contributed by atoms with Crippen LogP contribution in [0.5, 0.6) is 11.5 Å². The number of likely N-dealkylation sites (N-methyl/N-ethyl adjacent to an activating group) is 1. The number of hydrogen-bond acceptors (Lipinski definition) is 5. The minimum Gasteiger partial charge on any atom is -0.487 e. The second-order valence-electron chi connectivity index (χ2n) is 7.09. The van der Waals surface area contributed by atoms with Gasteiger partial charge in [0.15, 0.2) is 12.4 Å². The summed E-state index contributed by atoms with van der Waals surface area (Å²) in [6.07, 6.45) is 0.337. The van der Waals surface area contributed by atoms with E-state index in [1.807, 2.05) is 25.8 Å². The molecule has 0 atom stereocenters. The number of rotatable bonds is 3. The molecule has 0 saturated carbocycles. The molecule has 0 unspecified atom stereocenters. The van der Waals surface area contributed by atoms with Crippen LogP contribution in [0.15, 0.2) is 18.2 Å². The monoisotopic (exact) mass is 332 g/mol. The number of nitrogens with zero attached hydrogens (tertiary/aromatic N) is 2. The van der Waals surface area contributed by atoms with Gasteiger partial charge in [0, 0.05) is 26.2 Å². The molecule has 1 amide bonds. The molecule has 6 heteroatoms. The van der Waals surface area contributed by atoms with Crippen molar-refractivity contribution in [1.82, 2.24) is 9.80 Å². The molecule has 1 aromatic carbocycles. The average Bonchev–Trinajstić information content (AvgIpc) is 2.52. The Kier molecular flexibility index (Phi) is 4.49. The van der Waals surface area contributed by atoms with Crippen LogP contribution >= 0.6 is 0 Å². The maximum Gasteiger partial charge on any atom is 0.260 e. The maximum atomic E-state index is 12.3. The van der Waals surface area contributed by atoms with Gasteiger partial charge in [-0.05, 0) is 39.1 Å². The van der Waals surface area contributed by atoms with E-state index in [0.29, 0.717) is 23.5 Å². The number of carbonyl (C=O) groups is 2. The van der Waals surface area contributed by atoms with Gasteiger partial charge in [0.2, 0.25) is 0 Å². The van der Waals surface area contributed by atoms with Crippen molar-refractivity contribution in [1.29, 1.82) is 0 Å². The van der Waals surface area contributed by atoms with E-state index in [1.54, 1.807) is 18.2 Å². The number of carbonyl (C=O) groups excluding carboxylic acids is 2. The van der Waals surface area contributed by atoms with Gasteiger partial charge in [-0.2, -0.15) is 0 Å². The first-order valence-electron chi connectivity index (χ1n) is 8.29. The quantitative estimate of drug-likeness (QED) is 0.841. The van der Waals surface area contributed by atoms with Crippen molar-refractivity contribution in [2.45, 2.75) is 25.9 Å². The van der Waals surface area contributed by atoms with E-state index in [2.05, 4.69) is 4.90 Å². The fraction of sp³-hybridized carbons (Fsp3) is 0.556. The maximum absolute atomic E-state index is 12.3. The molecule has 6 nitrogen and oxygen atoms in total. The summed E-state index contributed by atoms with van der Waals surface area (Å²) in [6, 6.07) is 5.15. The third-order valence-corrected chi connectivity index (χ3v) is 4.44. The Morgan fingerprint density at radius 3 is 2.67 bits per heavy atom. The minimum atomic E-state index is -0.482. The Balaban J connectivity index is 1.62. The van der Waals surface area contributed by atoms with E-state index < -0.39 is 5.60 Å². The zero-order valence-electron chi connectivity index (χ0n) is 14.5. The highest BCUT2D eigenvalue weighted by atomic mass is 16.5. The molecule has 3 rings (SSSR count). The van der Waals surface area contributed by atoms with Crippen LogP contribution < -0.4 is 9.47 Å². The molecule has 2 heterocycles. The molecule has 0 radical (unpaired) electrons. The molecule has 0 aromatic heterocycles. The highest BCUT2D eigenvalue weighted by Gasteiger charge is 2.32. The van der Waals surface area contributed by atoms with E-state index in [4.69, 9.17) is 9.47 Å². The van der Waals surface area contributed by atoms with E-state index in [9.17, 15) is 9.59 Å². The topological polar surface area (TPSA) is 59.1 Å². The zero-order valence-corrected chi connectivity index (χ0v) is 14.5. The third-order valence-electron chi connectivity index (χ3n) is 4.44. The van der Waals surface area contributed by atoms with Gasteiger partial charge in [-0.15, -0.1) is 0 Å². The first-order chi connectivity index (χ1) is 11.3. The summed E-state index contributed by atoms with van der Waals surface area (Å²) in [4.78, 5) is 28.5. The normalized spacial score (nSPS) is 20.3. The van der Waals surface area contributed by atoms with Crippen molar-refractivity contribution in [3.8, 4) is 11.5 Å². The van der Waals surface area contributed by atoms with E-state index in [-0.39, 0.29) is 18.3 Å². The molecular formula is C18H24N2O4. The van der Waals surface area contributed by atoms with Crippen molar-refractivity contribution in [3.05, 3.63) is 23.8 Å². The van der Waals surface area contributed by atoms with Gasteiger partial charge in [0.1, 0.15) is 17.1 Å². The Bertz CT molecular complexity index is 648. The number of amides is 1. The molecule has 24 heavy (non-hydrogen) atoms. The first-order valence-corrected chi connectivity index (χ1v) is 8.29. The predicted octanol–water partition coefficient (Wildman–Crippen LogP) is 1.58. The molecule has 0 spiro atoms. The predicted molar refractivity (Wildman–Crippen MR) is 89.7 cm³/mol. The summed E-state index contributed by atoms with van der Waals surface area (Å²) in [6.45, 7) is 7.00. The Labute approximate surface area is 142 Å². The van der Waals surface area contributed by atoms with Crippen LogP contribution in [0, 0.1) is 0 Å². The minimum absolute atomic E-state index is 0.0109. The summed E-state index contributed by atoms with van der Waals surface area (Å²) in [7, 11) is 2.05. The number of hydrogen-bond donors (Lipinski definition) is 0. The largest absolute Gasteiger partial charge is 0.487 e. The van der Waals surface area contributed by atoms with Crippen LogP contribution in [0.4, 0.5) is 0 Å². The lowest BCUT2D eigenvalue weighted by Gasteiger charge is -2.32. The highest BCUT2D eigenvalue weighted by molar-refractivity contribution is 6.00. The molecule has 1 aromatic rings. The van der Waals surface area contributed by atoms with Crippen molar-refractivity contribution < 1.29 is 19.1 Å². The molecule has 0 bridgehead atoms. The molecule has 1 saturated heterocycles. The first kappa shape index (κ1) is 16.8. The summed E-state index contributed by atoms with van der Waals surface area (Å²) >= 11 is 0. The summed E-state index contributed by atoms with van der Waals surface area (Å²) in [5, 5.41) is 0. The number of ketones is 1. The van der Waals surface area contributed by atoms with Gasteiger partial charge in [-0.3, -0.25) is 9.59 Å². The lowest BCUT2D eigenvalue weighted by molar-refractivity contribution is -0.134. The lowest BCUT2D eigenvalue weighted by atomic mass is 9.93. The van der Waals surface area contributed by atoms with Crippen LogP contribution in [0.25, 0.3) is 0 Å². The second-order valence-corrected chi connectivity index (χ2v) is 7.09. The van der Waals surface area contributed by atoms with Crippen molar-refractivity contribution in [2.75, 3.05) is 39.8 Å². The average molecular weight is 332 g/mol. The van der Waals surface area contributed by atoms with Gasteiger partial charge in [0.05, 0.1) is 12.0 Å². The van der Waals surface area contributed by atoms with Gasteiger partial charge in [-0.25, -0.2) is 0 Å². The van der Waals surface area contributed by atoms with Crippen LogP contribution in [-0.2, 0) is 4.79 Å². The fourth-order valence-electron chi connectivity index (χ4n) is 3.01. The number of benzene rings is 1. The van der Waals surface area contributed by atoms with Crippen LogP contribution in [0.2, 0.25) is 0 Å². The fourth-order valence-corrected chi connectivity index (χ4v) is 3.01. The number of piperazine rings is 1. The Morgan fingerprint density at radius 1 is 1.25 bits per heavy atom. The number of ether oxygens (including phenoxy) is 2. The number of Topliss-reactive ketones (excluding diaryl/α,β-unsaturated/α-hetero) is 1. The van der Waals surface area contributed by atoms with Crippen molar-refractivity contribution in [2.24, 2.45) is 0 Å². The molecule has 130 valence electrons. The van der Waals surface area contributed by atoms with Gasteiger partial charge >= 0.3 is 0 Å². The Hall–Kier alpha value is -2.08. The summed E-state index contributed by atoms with van der Waals surface area (Å²) in [5.41, 5.74) is 0.0444. The molecule has 2 aliphatic heterocycles. The van der Waals surface area contributed by atoms with Gasteiger partial charge < -0.3 is 19.3 Å². The van der Waals surface area contributed by atoms with E-state index >= 15 is 0 Å². The smallest absolute Gasteiger partial charge is 0.260 e. The lowest BCUT2D eigenvalue weighted by Crippen LogP contribution is -2.48. The summed E-state index contributed by atoms with van der Waals surface area (Å²) < 4.78 is 11.4. The molecular weight excluding hydrogens is 308 g/mol. The zero-order chi connectivity index (χ0) is 17.3. The third kappa shape index (κ3) is 3.70. The molecule has 0 N–H and O–H groups in total. The highest BCUT2D eigenvalue weighted by Crippen LogP contribution is 2.35. The van der Waals surface area contributed by atoms with Crippen molar-refractivity contribution >= 4 is 11.7 Å². The number of fused-ring (bicyclic) bond motifs is 1. The SMILES string of the molecule is CN1CCN(C(=O)COc2ccc3c(c2)C(=O)CC(C)(C)O3)CC1. The molecule has 2 aliphatic rings. The van der Waals surface area contributed by atoms with Crippen LogP contribution in [0.1, 0.15) is 30.6 Å². The van der Waals surface area contributed by atoms with Gasteiger partial charge in [-0.1, -0.05) is 0 Å². The van der Waals surface area contributed by atoms with Crippen molar-refractivity contribution in [3.63, 3.8) is 0 Å². The van der Waals surface area contributed by atoms with Crippen LogP contribution in [0.3, 0.4) is 0 Å². The molecule has 1 fully saturated rings. The van der Waals surface area contributed by atoms with E-state index in [0.717, 1.165) is 26.2 Å². The van der Waals surface area contributed by atoms with Gasteiger partial charge in [0.25, 0.3) is 5.91 Å². The van der Waals surface area contributed by atoms with Crippen LogP contribution in [-0.4, -0.2) is 66.9 Å². The second kappa shape index (κ2) is 6.43. The van der Waals surface area contributed by atoms with E-state index in [1.165, 1.54) is 0 Å². The Morgan fingerprint density at radius 2 is 1.96 bits per heavy atom. The summed E-state index contributed by atoms with van der Waals surface area (Å²) in [5.74, 6) is 1.11.